The number of aromatic amines is 1. The third kappa shape index (κ3) is 2.16. The number of nitrogens with zero attached hydrogens (tertiary/aromatic N) is 2. The number of nitrogens with one attached hydrogen (secondary N) is 1. The van der Waals surface area contributed by atoms with E-state index in [0.29, 0.717) is 12.4 Å². The van der Waals surface area contributed by atoms with Crippen molar-refractivity contribution in [1.82, 2.24) is 14.5 Å². The van der Waals surface area contributed by atoms with Gasteiger partial charge in [0.15, 0.2) is 0 Å². The van der Waals surface area contributed by atoms with Crippen LogP contribution in [0.25, 0.3) is 0 Å². The fraction of sp³-hybridized carbons (Fsp3) is 0.625. The van der Waals surface area contributed by atoms with E-state index >= 15 is 0 Å². The quantitative estimate of drug-likeness (QED) is 0.785. The number of rotatable bonds is 5. The van der Waals surface area contributed by atoms with Crippen molar-refractivity contribution in [2.24, 2.45) is 0 Å². The Bertz CT molecular complexity index is 413. The molecule has 0 bridgehead atoms. The van der Waals surface area contributed by atoms with Gasteiger partial charge in [-0.15, -0.1) is 11.6 Å². The van der Waals surface area contributed by atoms with Crippen LogP contribution >= 0.6 is 11.6 Å². The fourth-order valence-electron chi connectivity index (χ4n) is 1.46. The van der Waals surface area contributed by atoms with Crippen LogP contribution in [-0.4, -0.2) is 41.4 Å². The molecular weight excluding hydrogens is 238 g/mol. The molecule has 1 N–H and O–H groups in total. The third-order valence-electron chi connectivity index (χ3n) is 2.34. The van der Waals surface area contributed by atoms with E-state index in [1.807, 2.05) is 0 Å². The molecule has 2 rings (SSSR count). The lowest BCUT2D eigenvalue weighted by atomic mass is 10.6. The van der Waals surface area contributed by atoms with Crippen LogP contribution in [0.15, 0.2) is 17.3 Å². The van der Waals surface area contributed by atoms with Crippen molar-refractivity contribution < 1.29 is 8.42 Å². The van der Waals surface area contributed by atoms with Crippen LogP contribution in [-0.2, 0) is 10.0 Å². The summed E-state index contributed by atoms with van der Waals surface area (Å²) in [6.07, 6.45) is 4.56. The summed E-state index contributed by atoms with van der Waals surface area (Å²) in [7, 11) is -3.40. The average molecular weight is 250 g/mol. The Kier molecular flexibility index (Phi) is 2.99. The maximum absolute atomic E-state index is 12.1. The van der Waals surface area contributed by atoms with Crippen molar-refractivity contribution in [3.05, 3.63) is 12.4 Å². The highest BCUT2D eigenvalue weighted by molar-refractivity contribution is 7.89. The first-order valence-electron chi connectivity index (χ1n) is 4.73. The molecule has 84 valence electrons. The molecule has 0 radical (unpaired) electrons. The van der Waals surface area contributed by atoms with Crippen LogP contribution in [0.5, 0.6) is 0 Å². The predicted molar refractivity (Wildman–Crippen MR) is 56.2 cm³/mol. The minimum absolute atomic E-state index is 0.128. The van der Waals surface area contributed by atoms with Crippen molar-refractivity contribution in [2.75, 3.05) is 12.4 Å². The van der Waals surface area contributed by atoms with Crippen molar-refractivity contribution >= 4 is 21.6 Å². The van der Waals surface area contributed by atoms with Crippen LogP contribution < -0.4 is 0 Å². The zero-order chi connectivity index (χ0) is 10.9. The first-order valence-corrected chi connectivity index (χ1v) is 6.70. The number of alkyl halides is 1. The monoisotopic (exact) mass is 249 g/mol. The Hall–Kier alpha value is -0.590. The highest BCUT2D eigenvalue weighted by Crippen LogP contribution is 2.31. The molecule has 0 aromatic carbocycles. The first kappa shape index (κ1) is 10.9. The molecule has 0 amide bonds. The molecule has 1 saturated carbocycles. The summed E-state index contributed by atoms with van der Waals surface area (Å²) in [6, 6.07) is 0.128. The van der Waals surface area contributed by atoms with Gasteiger partial charge in [0.2, 0.25) is 10.0 Å². The van der Waals surface area contributed by atoms with Gasteiger partial charge in [-0.2, -0.15) is 9.40 Å². The molecule has 0 unspecified atom stereocenters. The molecule has 0 saturated heterocycles. The van der Waals surface area contributed by atoms with E-state index in [2.05, 4.69) is 10.2 Å². The summed E-state index contributed by atoms with van der Waals surface area (Å²) < 4.78 is 25.6. The zero-order valence-electron chi connectivity index (χ0n) is 8.06. The maximum atomic E-state index is 12.1. The summed E-state index contributed by atoms with van der Waals surface area (Å²) in [5.74, 6) is 0.313. The van der Waals surface area contributed by atoms with Gasteiger partial charge in [0.1, 0.15) is 4.90 Å². The molecule has 15 heavy (non-hydrogen) atoms. The lowest BCUT2D eigenvalue weighted by Crippen LogP contribution is -2.34. The van der Waals surface area contributed by atoms with E-state index in [4.69, 9.17) is 11.6 Å². The second-order valence-electron chi connectivity index (χ2n) is 3.47. The summed E-state index contributed by atoms with van der Waals surface area (Å²) in [4.78, 5) is 0.208. The minimum Gasteiger partial charge on any atom is -0.284 e. The van der Waals surface area contributed by atoms with Gasteiger partial charge in [-0.3, -0.25) is 5.10 Å². The van der Waals surface area contributed by atoms with E-state index in [-0.39, 0.29) is 10.9 Å². The number of hydrogen-bond donors (Lipinski definition) is 1. The molecule has 1 fully saturated rings. The highest BCUT2D eigenvalue weighted by Gasteiger charge is 2.37. The van der Waals surface area contributed by atoms with Gasteiger partial charge in [0, 0.05) is 24.7 Å². The maximum Gasteiger partial charge on any atom is 0.246 e. The van der Waals surface area contributed by atoms with Gasteiger partial charge in [-0.05, 0) is 12.8 Å². The summed E-state index contributed by atoms with van der Waals surface area (Å²) >= 11 is 5.61. The molecule has 1 aliphatic rings. The number of hydrogen-bond acceptors (Lipinski definition) is 3. The lowest BCUT2D eigenvalue weighted by molar-refractivity contribution is 0.422. The Morgan fingerprint density at radius 1 is 1.60 bits per heavy atom. The van der Waals surface area contributed by atoms with E-state index in [1.165, 1.54) is 16.7 Å². The molecular formula is C8H12ClN3O2S. The van der Waals surface area contributed by atoms with Gasteiger partial charge in [0.25, 0.3) is 0 Å². The Labute approximate surface area is 93.5 Å². The standard InChI is InChI=1S/C8H12ClN3O2S/c9-3-4-12(7-1-2-7)15(13,14)8-5-10-11-6-8/h5-7H,1-4H2,(H,10,11). The fourth-order valence-corrected chi connectivity index (χ4v) is 3.34. The van der Waals surface area contributed by atoms with Crippen molar-refractivity contribution in [1.29, 1.82) is 0 Å². The van der Waals surface area contributed by atoms with Crippen LogP contribution in [0.3, 0.4) is 0 Å². The summed E-state index contributed by atoms with van der Waals surface area (Å²) in [5.41, 5.74) is 0. The number of sulfonamides is 1. The van der Waals surface area contributed by atoms with Crippen LogP contribution in [0.2, 0.25) is 0 Å². The zero-order valence-corrected chi connectivity index (χ0v) is 9.63. The average Bonchev–Trinajstić information content (AvgIpc) is 2.86. The topological polar surface area (TPSA) is 66.1 Å². The number of H-pyrrole nitrogens is 1. The molecule has 1 aromatic heterocycles. The van der Waals surface area contributed by atoms with Gasteiger partial charge in [-0.1, -0.05) is 0 Å². The molecule has 1 aromatic rings. The van der Waals surface area contributed by atoms with Crippen molar-refractivity contribution in [3.63, 3.8) is 0 Å². The van der Waals surface area contributed by atoms with Gasteiger partial charge >= 0.3 is 0 Å². The largest absolute Gasteiger partial charge is 0.284 e. The Morgan fingerprint density at radius 2 is 2.33 bits per heavy atom. The molecule has 7 heteroatoms. The van der Waals surface area contributed by atoms with Crippen LogP contribution in [0.1, 0.15) is 12.8 Å². The Balaban J connectivity index is 2.26. The Morgan fingerprint density at radius 3 is 2.80 bits per heavy atom. The molecule has 5 nitrogen and oxygen atoms in total. The molecule has 1 aliphatic carbocycles. The summed E-state index contributed by atoms with van der Waals surface area (Å²) in [5, 5.41) is 6.15. The van der Waals surface area contributed by atoms with Crippen LogP contribution in [0, 0.1) is 0 Å². The highest BCUT2D eigenvalue weighted by atomic mass is 35.5. The summed E-state index contributed by atoms with van der Waals surface area (Å²) in [6.45, 7) is 0.361. The van der Waals surface area contributed by atoms with E-state index < -0.39 is 10.0 Å². The van der Waals surface area contributed by atoms with Gasteiger partial charge in [-0.25, -0.2) is 8.42 Å². The van der Waals surface area contributed by atoms with Crippen LogP contribution in [0.4, 0.5) is 0 Å². The molecule has 0 spiro atoms. The number of aromatic nitrogens is 2. The second-order valence-corrected chi connectivity index (χ2v) is 5.74. The van der Waals surface area contributed by atoms with E-state index in [9.17, 15) is 8.42 Å². The van der Waals surface area contributed by atoms with Crippen molar-refractivity contribution in [2.45, 2.75) is 23.8 Å². The van der Waals surface area contributed by atoms with E-state index in [0.717, 1.165) is 12.8 Å². The molecule has 0 atom stereocenters. The van der Waals surface area contributed by atoms with Gasteiger partial charge in [0.05, 0.1) is 6.20 Å². The molecule has 1 heterocycles. The lowest BCUT2D eigenvalue weighted by Gasteiger charge is -2.19. The minimum atomic E-state index is -3.40. The normalized spacial score (nSPS) is 17.2. The smallest absolute Gasteiger partial charge is 0.246 e. The third-order valence-corrected chi connectivity index (χ3v) is 4.42. The second kappa shape index (κ2) is 4.11. The predicted octanol–water partition coefficient (Wildman–Crippen LogP) is 0.802. The number of halogens is 1. The van der Waals surface area contributed by atoms with Gasteiger partial charge < -0.3 is 0 Å². The van der Waals surface area contributed by atoms with E-state index in [1.54, 1.807) is 0 Å². The SMILES string of the molecule is O=S(=O)(c1cn[nH]c1)N(CCCl)C1CC1. The van der Waals surface area contributed by atoms with Crippen molar-refractivity contribution in [3.8, 4) is 0 Å². The first-order chi connectivity index (χ1) is 7.16. The molecule has 0 aliphatic heterocycles.